The molecule has 1 aromatic heterocycles. The van der Waals surface area contributed by atoms with Crippen LogP contribution in [0.4, 0.5) is 5.13 Å². The van der Waals surface area contributed by atoms with Crippen molar-refractivity contribution in [2.45, 2.75) is 19.8 Å². The highest BCUT2D eigenvalue weighted by molar-refractivity contribution is 7.13. The zero-order valence-corrected chi connectivity index (χ0v) is 8.16. The summed E-state index contributed by atoms with van der Waals surface area (Å²) >= 11 is 1.51. The van der Waals surface area contributed by atoms with Gasteiger partial charge in [0.25, 0.3) is 0 Å². The molecule has 3 N–H and O–H groups in total. The fourth-order valence-electron chi connectivity index (χ4n) is 0.956. The second kappa shape index (κ2) is 5.11. The number of nitrogen functional groups attached to an aromatic ring is 1. The average Bonchev–Trinajstić information content (AvgIpc) is 2.45. The van der Waals surface area contributed by atoms with Gasteiger partial charge in [0.1, 0.15) is 0 Å². The largest absolute Gasteiger partial charge is 0.375 e. The van der Waals surface area contributed by atoms with E-state index in [-0.39, 0.29) is 0 Å². The monoisotopic (exact) mass is 185 g/mol. The highest BCUT2D eigenvalue weighted by atomic mass is 32.1. The molecular formula is C8H15N3S. The van der Waals surface area contributed by atoms with Gasteiger partial charge in [0.2, 0.25) is 0 Å². The Hall–Kier alpha value is -0.610. The maximum absolute atomic E-state index is 5.50. The van der Waals surface area contributed by atoms with Crippen molar-refractivity contribution >= 4 is 16.5 Å². The molecule has 0 saturated heterocycles. The number of aromatic nitrogens is 1. The van der Waals surface area contributed by atoms with Crippen molar-refractivity contribution in [1.29, 1.82) is 0 Å². The molecule has 0 atom stereocenters. The molecule has 0 aliphatic carbocycles. The molecule has 0 fully saturated rings. The second-order valence-electron chi connectivity index (χ2n) is 2.68. The molecule has 12 heavy (non-hydrogen) atoms. The number of nitrogens with one attached hydrogen (secondary N) is 1. The molecule has 0 unspecified atom stereocenters. The predicted molar refractivity (Wildman–Crippen MR) is 53.4 cm³/mol. The molecule has 1 heterocycles. The third-order valence-electron chi connectivity index (χ3n) is 1.55. The SMILES string of the molecule is CCCNCCc1csc(N)n1. The van der Waals surface area contributed by atoms with Gasteiger partial charge in [-0.25, -0.2) is 4.98 Å². The fourth-order valence-corrected chi connectivity index (χ4v) is 1.55. The van der Waals surface area contributed by atoms with E-state index < -0.39 is 0 Å². The molecule has 0 aliphatic rings. The van der Waals surface area contributed by atoms with Crippen LogP contribution in [0.1, 0.15) is 19.0 Å². The molecule has 1 aromatic rings. The molecule has 0 saturated carbocycles. The summed E-state index contributed by atoms with van der Waals surface area (Å²) in [6.45, 7) is 4.24. The van der Waals surface area contributed by atoms with E-state index in [2.05, 4.69) is 17.2 Å². The summed E-state index contributed by atoms with van der Waals surface area (Å²) in [5.41, 5.74) is 6.59. The van der Waals surface area contributed by atoms with E-state index in [1.54, 1.807) is 0 Å². The lowest BCUT2D eigenvalue weighted by atomic mass is 10.3. The van der Waals surface area contributed by atoms with Crippen LogP contribution in [0.5, 0.6) is 0 Å². The van der Waals surface area contributed by atoms with Crippen LogP contribution in [0.3, 0.4) is 0 Å². The zero-order valence-electron chi connectivity index (χ0n) is 7.34. The van der Waals surface area contributed by atoms with Gasteiger partial charge in [-0.3, -0.25) is 0 Å². The van der Waals surface area contributed by atoms with Gasteiger partial charge >= 0.3 is 0 Å². The zero-order chi connectivity index (χ0) is 8.81. The smallest absolute Gasteiger partial charge is 0.180 e. The lowest BCUT2D eigenvalue weighted by Gasteiger charge is -1.99. The van der Waals surface area contributed by atoms with E-state index in [0.29, 0.717) is 5.13 Å². The van der Waals surface area contributed by atoms with E-state index in [4.69, 9.17) is 5.73 Å². The van der Waals surface area contributed by atoms with Gasteiger partial charge < -0.3 is 11.1 Å². The van der Waals surface area contributed by atoms with Crippen LogP contribution < -0.4 is 11.1 Å². The summed E-state index contributed by atoms with van der Waals surface area (Å²) in [5.74, 6) is 0. The third kappa shape index (κ3) is 3.19. The van der Waals surface area contributed by atoms with Crippen molar-refractivity contribution < 1.29 is 0 Å². The van der Waals surface area contributed by atoms with Gasteiger partial charge in [-0.1, -0.05) is 6.92 Å². The van der Waals surface area contributed by atoms with Crippen LogP contribution in [0.15, 0.2) is 5.38 Å². The quantitative estimate of drug-likeness (QED) is 0.679. The topological polar surface area (TPSA) is 50.9 Å². The van der Waals surface area contributed by atoms with E-state index in [1.807, 2.05) is 5.38 Å². The maximum atomic E-state index is 5.50. The number of anilines is 1. The van der Waals surface area contributed by atoms with Gasteiger partial charge in [-0.05, 0) is 13.0 Å². The Morgan fingerprint density at radius 2 is 2.42 bits per heavy atom. The molecule has 0 spiro atoms. The Kier molecular flexibility index (Phi) is 4.04. The van der Waals surface area contributed by atoms with Crippen molar-refractivity contribution in [3.05, 3.63) is 11.1 Å². The van der Waals surface area contributed by atoms with Gasteiger partial charge in [0.05, 0.1) is 5.69 Å². The molecule has 0 aliphatic heterocycles. The molecule has 4 heteroatoms. The summed E-state index contributed by atoms with van der Waals surface area (Å²) in [6, 6.07) is 0. The van der Waals surface area contributed by atoms with Crippen LogP contribution in [-0.2, 0) is 6.42 Å². The minimum Gasteiger partial charge on any atom is -0.375 e. The van der Waals surface area contributed by atoms with E-state index in [9.17, 15) is 0 Å². The fraction of sp³-hybridized carbons (Fsp3) is 0.625. The minimum atomic E-state index is 0.667. The van der Waals surface area contributed by atoms with E-state index >= 15 is 0 Å². The summed E-state index contributed by atoms with van der Waals surface area (Å²) in [7, 11) is 0. The van der Waals surface area contributed by atoms with Crippen LogP contribution >= 0.6 is 11.3 Å². The molecule has 68 valence electrons. The number of thiazole rings is 1. The van der Waals surface area contributed by atoms with Gasteiger partial charge in [-0.15, -0.1) is 11.3 Å². The van der Waals surface area contributed by atoms with E-state index in [1.165, 1.54) is 17.8 Å². The Morgan fingerprint density at radius 3 is 3.00 bits per heavy atom. The molecule has 1 rings (SSSR count). The summed E-state index contributed by atoms with van der Waals surface area (Å²) < 4.78 is 0. The Labute approximate surface area is 77.0 Å². The van der Waals surface area contributed by atoms with Crippen molar-refractivity contribution in [3.8, 4) is 0 Å². The first kappa shape index (κ1) is 9.48. The average molecular weight is 185 g/mol. The van der Waals surface area contributed by atoms with Crippen molar-refractivity contribution in [2.75, 3.05) is 18.8 Å². The first-order valence-corrected chi connectivity index (χ1v) is 5.11. The number of hydrogen-bond acceptors (Lipinski definition) is 4. The highest BCUT2D eigenvalue weighted by Gasteiger charge is 1.96. The first-order chi connectivity index (χ1) is 5.83. The molecule has 0 radical (unpaired) electrons. The second-order valence-corrected chi connectivity index (χ2v) is 3.57. The molecular weight excluding hydrogens is 170 g/mol. The van der Waals surface area contributed by atoms with Crippen LogP contribution in [0.2, 0.25) is 0 Å². The van der Waals surface area contributed by atoms with E-state index in [0.717, 1.165) is 25.2 Å². The molecule has 0 amide bonds. The normalized spacial score (nSPS) is 10.4. The summed E-state index contributed by atoms with van der Waals surface area (Å²) in [6.07, 6.45) is 2.16. The molecule has 0 aromatic carbocycles. The molecule has 3 nitrogen and oxygen atoms in total. The number of nitrogens with two attached hydrogens (primary N) is 1. The first-order valence-electron chi connectivity index (χ1n) is 4.23. The Morgan fingerprint density at radius 1 is 1.58 bits per heavy atom. The lowest BCUT2D eigenvalue weighted by molar-refractivity contribution is 0.667. The number of nitrogens with zero attached hydrogens (tertiary/aromatic N) is 1. The van der Waals surface area contributed by atoms with Gasteiger partial charge in [-0.2, -0.15) is 0 Å². The molecule has 0 bridgehead atoms. The van der Waals surface area contributed by atoms with Crippen molar-refractivity contribution in [2.24, 2.45) is 0 Å². The Balaban J connectivity index is 2.15. The van der Waals surface area contributed by atoms with Crippen LogP contribution in [-0.4, -0.2) is 18.1 Å². The number of hydrogen-bond donors (Lipinski definition) is 2. The minimum absolute atomic E-state index is 0.667. The van der Waals surface area contributed by atoms with Crippen molar-refractivity contribution in [1.82, 2.24) is 10.3 Å². The lowest BCUT2D eigenvalue weighted by Crippen LogP contribution is -2.17. The predicted octanol–water partition coefficient (Wildman–Crippen LogP) is 1.27. The number of rotatable bonds is 5. The highest BCUT2D eigenvalue weighted by Crippen LogP contribution is 2.10. The maximum Gasteiger partial charge on any atom is 0.180 e. The van der Waals surface area contributed by atoms with Gasteiger partial charge in [0.15, 0.2) is 5.13 Å². The van der Waals surface area contributed by atoms with Crippen molar-refractivity contribution in [3.63, 3.8) is 0 Å². The van der Waals surface area contributed by atoms with Gasteiger partial charge in [0, 0.05) is 18.3 Å². The summed E-state index contributed by atoms with van der Waals surface area (Å²) in [5, 5.41) is 6.00. The van der Waals surface area contributed by atoms with Crippen LogP contribution in [0, 0.1) is 0 Å². The van der Waals surface area contributed by atoms with Crippen LogP contribution in [0.25, 0.3) is 0 Å². The summed E-state index contributed by atoms with van der Waals surface area (Å²) in [4.78, 5) is 4.16. The Bertz CT molecular complexity index is 222. The standard InChI is InChI=1S/C8H15N3S/c1-2-4-10-5-3-7-6-12-8(9)11-7/h6,10H,2-5H2,1H3,(H2,9,11). The third-order valence-corrected chi connectivity index (χ3v) is 2.28.